The number of rotatable bonds is 0. The summed E-state index contributed by atoms with van der Waals surface area (Å²) in [5.74, 6) is -0.146. The molecule has 0 fully saturated rings. The van der Waals surface area contributed by atoms with E-state index in [1.54, 1.807) is 0 Å². The van der Waals surface area contributed by atoms with Crippen molar-refractivity contribution in [3.63, 3.8) is 0 Å². The summed E-state index contributed by atoms with van der Waals surface area (Å²) in [6.07, 6.45) is 10.0. The van der Waals surface area contributed by atoms with Crippen molar-refractivity contribution in [2.24, 2.45) is 4.99 Å². The zero-order valence-corrected chi connectivity index (χ0v) is 17.7. The number of allylic oxidation sites excluding steroid dienone is 5. The third-order valence-corrected chi connectivity index (χ3v) is 4.97. The highest BCUT2D eigenvalue weighted by Gasteiger charge is 2.11. The minimum atomic E-state index is -0.146. The monoisotopic (exact) mass is 435 g/mol. The summed E-state index contributed by atoms with van der Waals surface area (Å²) in [7, 11) is 0. The number of hydrogen-bond acceptors (Lipinski definition) is 3. The van der Waals surface area contributed by atoms with Crippen LogP contribution in [0.5, 0.6) is 0 Å². The highest BCUT2D eigenvalue weighted by molar-refractivity contribution is 6.14. The van der Waals surface area contributed by atoms with Crippen LogP contribution in [0.4, 0.5) is 0 Å². The summed E-state index contributed by atoms with van der Waals surface area (Å²) in [6, 6.07) is 22.1. The molecule has 0 unspecified atom stereocenters. The molecule has 0 saturated heterocycles. The Balaban J connectivity index is 0.000000118. The molecule has 0 radical (unpaired) electrons. The summed E-state index contributed by atoms with van der Waals surface area (Å²) >= 11 is 0. The first-order valence-corrected chi connectivity index (χ1v) is 10.4. The van der Waals surface area contributed by atoms with Crippen LogP contribution in [0, 0.1) is 0 Å². The van der Waals surface area contributed by atoms with Gasteiger partial charge in [0.05, 0.1) is 5.71 Å². The molecule has 1 aliphatic carbocycles. The molecule has 3 heterocycles. The number of aliphatic imine (C=N–C) groups is 1. The van der Waals surface area contributed by atoms with E-state index in [-0.39, 0.29) is 17.0 Å². The molecular formula is C27H21N3O3. The van der Waals surface area contributed by atoms with Crippen molar-refractivity contribution in [1.82, 2.24) is 9.97 Å². The minimum Gasteiger partial charge on any atom is -0.322 e. The summed E-state index contributed by atoms with van der Waals surface area (Å²) in [5.41, 5.74) is 3.62. The van der Waals surface area contributed by atoms with E-state index in [9.17, 15) is 14.4 Å². The predicted molar refractivity (Wildman–Crippen MR) is 133 cm³/mol. The summed E-state index contributed by atoms with van der Waals surface area (Å²) in [4.78, 5) is 41.8. The molecule has 2 aliphatic rings. The molecule has 33 heavy (non-hydrogen) atoms. The Morgan fingerprint density at radius 1 is 0.667 bits per heavy atom. The SMILES string of the molecule is O=C1C=CC2=CC=CCC2=N1.O=c1ccc2ccccc2[nH]1.O=c1ccc2ccccc2[nH]1. The van der Waals surface area contributed by atoms with E-state index in [0.29, 0.717) is 0 Å². The van der Waals surface area contributed by atoms with Crippen molar-refractivity contribution >= 4 is 33.4 Å². The van der Waals surface area contributed by atoms with Gasteiger partial charge in [-0.05, 0) is 46.7 Å². The van der Waals surface area contributed by atoms with Crippen LogP contribution in [-0.2, 0) is 4.79 Å². The molecule has 0 spiro atoms. The molecular weight excluding hydrogens is 414 g/mol. The Morgan fingerprint density at radius 2 is 1.24 bits per heavy atom. The van der Waals surface area contributed by atoms with Crippen molar-refractivity contribution in [2.45, 2.75) is 6.42 Å². The molecule has 1 aliphatic heterocycles. The van der Waals surface area contributed by atoms with Crippen molar-refractivity contribution in [3.05, 3.63) is 129 Å². The van der Waals surface area contributed by atoms with Gasteiger partial charge in [-0.25, -0.2) is 4.99 Å². The number of nitrogens with zero attached hydrogens (tertiary/aromatic N) is 1. The van der Waals surface area contributed by atoms with Gasteiger partial charge in [-0.1, -0.05) is 54.6 Å². The second-order valence-corrected chi connectivity index (χ2v) is 7.30. The number of H-pyrrole nitrogens is 2. The van der Waals surface area contributed by atoms with E-state index in [0.717, 1.165) is 39.5 Å². The van der Waals surface area contributed by atoms with Crippen LogP contribution in [0.2, 0.25) is 0 Å². The summed E-state index contributed by atoms with van der Waals surface area (Å²) in [5, 5.41) is 2.12. The number of amides is 1. The van der Waals surface area contributed by atoms with Crippen LogP contribution in [0.1, 0.15) is 6.42 Å². The summed E-state index contributed by atoms with van der Waals surface area (Å²) in [6.45, 7) is 0. The van der Waals surface area contributed by atoms with Crippen LogP contribution < -0.4 is 11.1 Å². The molecule has 2 aromatic heterocycles. The Kier molecular flexibility index (Phi) is 6.66. The Bertz CT molecular complexity index is 1470. The van der Waals surface area contributed by atoms with Crippen molar-refractivity contribution in [3.8, 4) is 0 Å². The first-order valence-electron chi connectivity index (χ1n) is 10.4. The average molecular weight is 435 g/mol. The molecule has 4 aromatic rings. The molecule has 2 N–H and O–H groups in total. The van der Waals surface area contributed by atoms with Gasteiger partial charge in [0.1, 0.15) is 0 Å². The number of para-hydroxylation sites is 2. The number of carbonyl (C=O) groups is 1. The Morgan fingerprint density at radius 3 is 1.85 bits per heavy atom. The van der Waals surface area contributed by atoms with E-state index < -0.39 is 0 Å². The largest absolute Gasteiger partial charge is 0.322 e. The fourth-order valence-corrected chi connectivity index (χ4v) is 3.35. The van der Waals surface area contributed by atoms with Gasteiger partial charge in [-0.15, -0.1) is 0 Å². The minimum absolute atomic E-state index is 0.0521. The van der Waals surface area contributed by atoms with Crippen molar-refractivity contribution in [2.75, 3.05) is 0 Å². The van der Waals surface area contributed by atoms with E-state index in [1.807, 2.05) is 85.0 Å². The number of dihydropyridines is 1. The van der Waals surface area contributed by atoms with E-state index >= 15 is 0 Å². The number of benzene rings is 2. The highest BCUT2D eigenvalue weighted by Crippen LogP contribution is 2.14. The number of aromatic amines is 2. The lowest BCUT2D eigenvalue weighted by atomic mass is 10.0. The topological polar surface area (TPSA) is 95.2 Å². The Labute approximate surface area is 189 Å². The first kappa shape index (κ1) is 21.6. The number of fused-ring (bicyclic) bond motifs is 3. The van der Waals surface area contributed by atoms with Crippen molar-refractivity contribution in [1.29, 1.82) is 0 Å². The lowest BCUT2D eigenvalue weighted by Crippen LogP contribution is -2.09. The van der Waals surface area contributed by atoms with E-state index in [1.165, 1.54) is 18.2 Å². The third kappa shape index (κ3) is 5.77. The zero-order chi connectivity index (χ0) is 23.0. The lowest BCUT2D eigenvalue weighted by Gasteiger charge is -2.10. The Hall–Kier alpha value is -4.58. The van der Waals surface area contributed by atoms with Crippen LogP contribution in [0.3, 0.4) is 0 Å². The second kappa shape index (κ2) is 10.2. The van der Waals surface area contributed by atoms with Gasteiger partial charge >= 0.3 is 0 Å². The molecule has 6 rings (SSSR count). The van der Waals surface area contributed by atoms with Crippen LogP contribution in [0.15, 0.2) is 123 Å². The van der Waals surface area contributed by atoms with Crippen LogP contribution in [-0.4, -0.2) is 21.6 Å². The lowest BCUT2D eigenvalue weighted by molar-refractivity contribution is -0.113. The van der Waals surface area contributed by atoms with Crippen LogP contribution in [0.25, 0.3) is 21.8 Å². The van der Waals surface area contributed by atoms with Gasteiger partial charge in [0, 0.05) is 35.7 Å². The van der Waals surface area contributed by atoms with Gasteiger partial charge in [-0.3, -0.25) is 14.4 Å². The smallest absolute Gasteiger partial charge is 0.269 e. The molecule has 0 bridgehead atoms. The fourth-order valence-electron chi connectivity index (χ4n) is 3.35. The van der Waals surface area contributed by atoms with E-state index in [4.69, 9.17) is 0 Å². The maximum atomic E-state index is 10.8. The molecule has 0 saturated carbocycles. The normalized spacial score (nSPS) is 13.8. The standard InChI is InChI=1S/3C9H7NO/c3*11-9-6-5-7-3-1-2-4-8(7)10-9/h1-3,5-6H,4H2;2*1-6H,(H,10,11). The fraction of sp³-hybridized carbons (Fsp3) is 0.0370. The van der Waals surface area contributed by atoms with Gasteiger partial charge in [0.15, 0.2) is 0 Å². The number of aromatic nitrogens is 2. The highest BCUT2D eigenvalue weighted by atomic mass is 16.1. The number of carbonyl (C=O) groups excluding carboxylic acids is 1. The van der Waals surface area contributed by atoms with Crippen molar-refractivity contribution < 1.29 is 4.79 Å². The molecule has 6 heteroatoms. The molecule has 0 atom stereocenters. The summed E-state index contributed by atoms with van der Waals surface area (Å²) < 4.78 is 0. The van der Waals surface area contributed by atoms with Crippen LogP contribution >= 0.6 is 0 Å². The zero-order valence-electron chi connectivity index (χ0n) is 17.7. The third-order valence-electron chi connectivity index (χ3n) is 4.97. The molecule has 2 aromatic carbocycles. The predicted octanol–water partition coefficient (Wildman–Crippen LogP) is 4.47. The molecule has 1 amide bonds. The number of nitrogens with one attached hydrogen (secondary N) is 2. The van der Waals surface area contributed by atoms with E-state index in [2.05, 4.69) is 15.0 Å². The first-order chi connectivity index (χ1) is 16.1. The maximum absolute atomic E-state index is 10.8. The quantitative estimate of drug-likeness (QED) is 0.427. The molecule has 162 valence electrons. The van der Waals surface area contributed by atoms with Gasteiger partial charge < -0.3 is 9.97 Å². The van der Waals surface area contributed by atoms with Gasteiger partial charge in [-0.2, -0.15) is 0 Å². The average Bonchev–Trinajstić information content (AvgIpc) is 2.84. The van der Waals surface area contributed by atoms with Gasteiger partial charge in [0.25, 0.3) is 5.91 Å². The number of hydrogen-bond donors (Lipinski definition) is 2. The molecule has 6 nitrogen and oxygen atoms in total. The van der Waals surface area contributed by atoms with Gasteiger partial charge in [0.2, 0.25) is 11.1 Å². The second-order valence-electron chi connectivity index (χ2n) is 7.30. The maximum Gasteiger partial charge on any atom is 0.269 e. The number of pyridine rings is 2.